The van der Waals surface area contributed by atoms with Gasteiger partial charge in [0.15, 0.2) is 0 Å². The minimum Gasteiger partial charge on any atom is -0.438 e. The number of ether oxygens (including phenoxy) is 1. The fourth-order valence-corrected chi connectivity index (χ4v) is 4.57. The molecule has 1 fully saturated rings. The second-order valence-corrected chi connectivity index (χ2v) is 9.33. The zero-order valence-corrected chi connectivity index (χ0v) is 19.2. The zero-order valence-electron chi connectivity index (χ0n) is 19.2. The first-order valence-electron chi connectivity index (χ1n) is 11.2. The maximum absolute atomic E-state index is 13.2. The molecule has 0 spiro atoms. The topological polar surface area (TPSA) is 62.7 Å². The van der Waals surface area contributed by atoms with Crippen LogP contribution in [0.2, 0.25) is 0 Å². The van der Waals surface area contributed by atoms with Crippen molar-refractivity contribution in [1.82, 2.24) is 9.88 Å². The van der Waals surface area contributed by atoms with Crippen LogP contribution < -0.4 is 0 Å². The van der Waals surface area contributed by atoms with Gasteiger partial charge in [0.25, 0.3) is 0 Å². The summed E-state index contributed by atoms with van der Waals surface area (Å²) in [6.07, 6.45) is 2.00. The Morgan fingerprint density at radius 3 is 2.33 bits per heavy atom. The van der Waals surface area contributed by atoms with Gasteiger partial charge in [-0.15, -0.1) is 0 Å². The van der Waals surface area contributed by atoms with E-state index in [1.807, 2.05) is 61.5 Å². The van der Waals surface area contributed by atoms with E-state index in [4.69, 9.17) is 4.74 Å². The van der Waals surface area contributed by atoms with Crippen LogP contribution >= 0.6 is 0 Å². The summed E-state index contributed by atoms with van der Waals surface area (Å²) in [7, 11) is 0. The van der Waals surface area contributed by atoms with E-state index in [-0.39, 0.29) is 6.04 Å². The van der Waals surface area contributed by atoms with Gasteiger partial charge < -0.3 is 14.7 Å². The Hall–Kier alpha value is -3.25. The number of carbonyl (C=O) groups is 1. The number of aromatic nitrogens is 1. The fraction of sp³-hybridized carbons (Fsp3) is 0.333. The van der Waals surface area contributed by atoms with Crippen LogP contribution in [-0.2, 0) is 10.3 Å². The molecule has 1 aliphatic rings. The number of aliphatic hydroxyl groups is 1. The Bertz CT molecular complexity index is 1090. The molecule has 172 valence electrons. The Labute approximate surface area is 193 Å². The van der Waals surface area contributed by atoms with Crippen LogP contribution in [0.25, 0.3) is 11.1 Å². The van der Waals surface area contributed by atoms with Crippen LogP contribution in [0.3, 0.4) is 0 Å². The van der Waals surface area contributed by atoms with Crippen LogP contribution in [0.5, 0.6) is 0 Å². The minimum atomic E-state index is -0.991. The number of rotatable bonds is 6. The average molecular weight is 449 g/mol. The van der Waals surface area contributed by atoms with Crippen molar-refractivity contribution < 1.29 is 19.0 Å². The van der Waals surface area contributed by atoms with Crippen molar-refractivity contribution in [2.45, 2.75) is 50.9 Å². The maximum Gasteiger partial charge on any atom is 0.411 e. The summed E-state index contributed by atoms with van der Waals surface area (Å²) in [6, 6.07) is 20.3. The molecule has 0 bridgehead atoms. The first kappa shape index (κ1) is 22.9. The number of hydrogen-bond acceptors (Lipinski definition) is 4. The van der Waals surface area contributed by atoms with Crippen LogP contribution in [0.1, 0.15) is 50.8 Å². The smallest absolute Gasteiger partial charge is 0.411 e. The monoisotopic (exact) mass is 448 g/mol. The first-order chi connectivity index (χ1) is 15.7. The van der Waals surface area contributed by atoms with E-state index in [1.54, 1.807) is 24.8 Å². The normalized spacial score (nSPS) is 19.8. The molecule has 6 heteroatoms. The third-order valence-electron chi connectivity index (χ3n) is 6.21. The number of amides is 1. The predicted octanol–water partition coefficient (Wildman–Crippen LogP) is 5.85. The molecular weight excluding hydrogens is 419 g/mol. The molecule has 0 aliphatic carbocycles. The lowest BCUT2D eigenvalue weighted by Crippen LogP contribution is -2.51. The van der Waals surface area contributed by atoms with E-state index in [0.717, 1.165) is 22.3 Å². The van der Waals surface area contributed by atoms with Gasteiger partial charge in [-0.3, -0.25) is 0 Å². The van der Waals surface area contributed by atoms with Crippen LogP contribution in [-0.4, -0.2) is 33.2 Å². The zero-order chi connectivity index (χ0) is 23.6. The third kappa shape index (κ3) is 5.06. The number of halogens is 1. The summed E-state index contributed by atoms with van der Waals surface area (Å²) in [5, 5.41) is 10.5. The molecule has 0 radical (unpaired) electrons. The molecule has 2 atom stereocenters. The summed E-state index contributed by atoms with van der Waals surface area (Å²) in [4.78, 5) is 18.6. The van der Waals surface area contributed by atoms with Crippen molar-refractivity contribution >= 4 is 6.09 Å². The fourth-order valence-electron chi connectivity index (χ4n) is 4.57. The van der Waals surface area contributed by atoms with Crippen LogP contribution in [0.4, 0.5) is 9.18 Å². The highest BCUT2D eigenvalue weighted by molar-refractivity contribution is 5.70. The molecule has 5 nitrogen and oxygen atoms in total. The Kier molecular flexibility index (Phi) is 6.21. The van der Waals surface area contributed by atoms with Gasteiger partial charge in [-0.1, -0.05) is 54.6 Å². The second-order valence-electron chi connectivity index (χ2n) is 9.33. The molecule has 1 amide bonds. The van der Waals surface area contributed by atoms with Crippen LogP contribution in [0, 0.1) is 5.95 Å². The van der Waals surface area contributed by atoms with E-state index in [2.05, 4.69) is 4.98 Å². The summed E-state index contributed by atoms with van der Waals surface area (Å²) in [5.74, 6) is -0.510. The van der Waals surface area contributed by atoms with Gasteiger partial charge in [0.2, 0.25) is 5.95 Å². The van der Waals surface area contributed by atoms with Gasteiger partial charge in [-0.05, 0) is 49.6 Å². The second kappa shape index (κ2) is 8.94. The molecule has 1 unspecified atom stereocenters. The Morgan fingerprint density at radius 2 is 1.76 bits per heavy atom. The molecule has 3 aromatic rings. The molecule has 1 N–H and O–H groups in total. The molecule has 4 rings (SSSR count). The molecule has 2 aromatic carbocycles. The predicted molar refractivity (Wildman–Crippen MR) is 125 cm³/mol. The summed E-state index contributed by atoms with van der Waals surface area (Å²) in [5.41, 5.74) is 1.76. The molecule has 1 saturated heterocycles. The van der Waals surface area contributed by atoms with E-state index in [9.17, 15) is 14.3 Å². The van der Waals surface area contributed by atoms with Gasteiger partial charge in [0.05, 0.1) is 11.6 Å². The summed E-state index contributed by atoms with van der Waals surface area (Å²) in [6.45, 7) is 5.95. The average Bonchev–Trinajstić information content (AvgIpc) is 2.79. The van der Waals surface area contributed by atoms with Crippen molar-refractivity contribution in [1.29, 1.82) is 0 Å². The highest BCUT2D eigenvalue weighted by Gasteiger charge is 2.46. The van der Waals surface area contributed by atoms with Crippen molar-refractivity contribution in [2.75, 3.05) is 6.54 Å². The summed E-state index contributed by atoms with van der Waals surface area (Å²) >= 11 is 0. The third-order valence-corrected chi connectivity index (χ3v) is 6.21. The highest BCUT2D eigenvalue weighted by atomic mass is 19.1. The molecule has 0 saturated carbocycles. The van der Waals surface area contributed by atoms with E-state index < -0.39 is 23.2 Å². The van der Waals surface area contributed by atoms with Crippen molar-refractivity contribution in [3.05, 3.63) is 90.0 Å². The lowest BCUT2D eigenvalue weighted by atomic mass is 9.80. The number of nitrogens with zero attached hydrogens (tertiary/aromatic N) is 2. The van der Waals surface area contributed by atoms with E-state index in [0.29, 0.717) is 19.4 Å². The van der Waals surface area contributed by atoms with E-state index in [1.165, 1.54) is 12.3 Å². The van der Waals surface area contributed by atoms with Crippen LogP contribution in [0.15, 0.2) is 72.9 Å². The molecular formula is C27H29FN2O3. The van der Waals surface area contributed by atoms with Gasteiger partial charge in [0.1, 0.15) is 5.60 Å². The molecule has 1 aliphatic heterocycles. The Morgan fingerprint density at radius 1 is 1.09 bits per heavy atom. The highest BCUT2D eigenvalue weighted by Crippen LogP contribution is 2.42. The number of pyridine rings is 1. The molecule has 2 heterocycles. The molecule has 33 heavy (non-hydrogen) atoms. The molecule has 1 aromatic heterocycles. The maximum atomic E-state index is 13.2. The van der Waals surface area contributed by atoms with Gasteiger partial charge in [0, 0.05) is 31.1 Å². The van der Waals surface area contributed by atoms with E-state index >= 15 is 0 Å². The number of carbonyl (C=O) groups excluding carboxylic acids is 1. The lowest BCUT2D eigenvalue weighted by molar-refractivity contribution is -0.101. The van der Waals surface area contributed by atoms with Crippen molar-refractivity contribution in [2.24, 2.45) is 0 Å². The summed E-state index contributed by atoms with van der Waals surface area (Å²) < 4.78 is 19.2. The first-order valence-corrected chi connectivity index (χ1v) is 11.2. The standard InChI is InChI=1S/C27H29FN2O3/c1-19(20-9-11-21(12-10-20)22-13-14-24(28)29-17-22)30-16-15-27(33-25(30)31,18-26(2,3)32)23-7-5-4-6-8-23/h4-14,17,19,32H,15-16,18H2,1-3H3/t19-,27?/m0/s1. The largest absolute Gasteiger partial charge is 0.438 e. The van der Waals surface area contributed by atoms with Crippen molar-refractivity contribution in [3.63, 3.8) is 0 Å². The van der Waals surface area contributed by atoms with Gasteiger partial charge in [-0.25, -0.2) is 9.78 Å². The van der Waals surface area contributed by atoms with Gasteiger partial charge in [-0.2, -0.15) is 4.39 Å². The lowest BCUT2D eigenvalue weighted by Gasteiger charge is -2.45. The number of cyclic esters (lactones) is 1. The van der Waals surface area contributed by atoms with Crippen molar-refractivity contribution in [3.8, 4) is 11.1 Å². The number of hydrogen-bond donors (Lipinski definition) is 1. The Balaban J connectivity index is 1.53. The number of benzene rings is 2. The van der Waals surface area contributed by atoms with Gasteiger partial charge >= 0.3 is 6.09 Å². The minimum absolute atomic E-state index is 0.186. The SMILES string of the molecule is C[C@@H](c1ccc(-c2ccc(F)nc2)cc1)N1CCC(CC(C)(C)O)(c2ccccc2)OC1=O. The quantitative estimate of drug-likeness (QED) is 0.481.